The number of hydrogen-bond acceptors (Lipinski definition) is 12. The lowest BCUT2D eigenvalue weighted by molar-refractivity contribution is -0.281. The van der Waals surface area contributed by atoms with Crippen LogP contribution in [0.2, 0.25) is 0 Å². The average Bonchev–Trinajstić information content (AvgIpc) is 3.82. The molecule has 4 aliphatic carbocycles. The van der Waals surface area contributed by atoms with Crippen LogP contribution in [0.15, 0.2) is 60.8 Å². The highest BCUT2D eigenvalue weighted by Crippen LogP contribution is 2.71. The third kappa shape index (κ3) is 8.16. The van der Waals surface area contributed by atoms with Gasteiger partial charge in [-0.05, 0) is 104 Å². The molecule has 0 saturated heterocycles. The maximum atomic E-state index is 13.7. The van der Waals surface area contributed by atoms with Crippen molar-refractivity contribution in [3.63, 3.8) is 0 Å². The van der Waals surface area contributed by atoms with Gasteiger partial charge >= 0.3 is 5.97 Å². The van der Waals surface area contributed by atoms with Crippen LogP contribution in [0, 0.1) is 29.6 Å². The van der Waals surface area contributed by atoms with Gasteiger partial charge in [0.2, 0.25) is 0 Å². The van der Waals surface area contributed by atoms with E-state index in [0.29, 0.717) is 86.2 Å². The van der Waals surface area contributed by atoms with Gasteiger partial charge in [0.1, 0.15) is 5.82 Å². The highest BCUT2D eigenvalue weighted by atomic mass is 32.2. The van der Waals surface area contributed by atoms with Crippen LogP contribution in [0.1, 0.15) is 83.6 Å². The number of ether oxygens (including phenoxy) is 1. The van der Waals surface area contributed by atoms with Crippen molar-refractivity contribution in [2.24, 2.45) is 28.4 Å². The Hall–Kier alpha value is -4.78. The Bertz CT molecular complexity index is 2630. The third-order valence-electron chi connectivity index (χ3n) is 14.9. The van der Waals surface area contributed by atoms with E-state index >= 15 is 0 Å². The molecule has 4 fully saturated rings. The molecule has 334 valence electrons. The summed E-state index contributed by atoms with van der Waals surface area (Å²) >= 11 is 1.43. The summed E-state index contributed by atoms with van der Waals surface area (Å²) in [4.78, 5) is 40.0. The number of benzene rings is 2. The van der Waals surface area contributed by atoms with Crippen molar-refractivity contribution in [2.75, 3.05) is 55.3 Å². The fourth-order valence-corrected chi connectivity index (χ4v) is 13.0. The Morgan fingerprint density at radius 3 is 2.51 bits per heavy atom. The van der Waals surface area contributed by atoms with Crippen molar-refractivity contribution in [1.29, 1.82) is 0 Å². The van der Waals surface area contributed by atoms with Crippen LogP contribution in [0.3, 0.4) is 0 Å². The van der Waals surface area contributed by atoms with E-state index in [1.54, 1.807) is 6.20 Å². The summed E-state index contributed by atoms with van der Waals surface area (Å²) in [6.07, 6.45) is 7.70. The smallest absolute Gasteiger partial charge is 0.355 e. The minimum atomic E-state index is -4.09. The second-order valence-electron chi connectivity index (χ2n) is 18.7. The number of amides is 1. The number of aromatic nitrogens is 4. The highest BCUT2D eigenvalue weighted by Gasteiger charge is 2.69. The number of para-hydroxylation sites is 1. The number of aromatic carboxylic acids is 1. The lowest BCUT2D eigenvalue weighted by Gasteiger charge is -2.70. The molecule has 0 spiro atoms. The average molecular weight is 897 g/mol. The van der Waals surface area contributed by atoms with Crippen molar-refractivity contribution in [2.45, 2.75) is 78.0 Å². The van der Waals surface area contributed by atoms with Crippen LogP contribution < -0.4 is 16.0 Å². The number of carboxylic acid groups (broad SMARTS) is 1. The summed E-state index contributed by atoms with van der Waals surface area (Å²) in [5.41, 5.74) is 10.5. The number of carboxylic acids is 1. The number of nitrogens with two attached hydrogens (primary N) is 1. The zero-order valence-electron chi connectivity index (χ0n) is 36.0. The Morgan fingerprint density at radius 1 is 1.00 bits per heavy atom. The van der Waals surface area contributed by atoms with Crippen molar-refractivity contribution >= 4 is 54.5 Å². The molecule has 17 heteroatoms. The fourth-order valence-electron chi connectivity index (χ4n) is 11.7. The van der Waals surface area contributed by atoms with Crippen LogP contribution in [-0.4, -0.2) is 105 Å². The molecule has 1 amide bonds. The first-order chi connectivity index (χ1) is 30.1. The monoisotopic (exact) mass is 896 g/mol. The number of carbonyl (C=O) groups is 2. The SMILES string of the molecule is Cc1c(-c2ccc(N3CCc4cccc(C(=O)Nc5nc6ccccc6s5)c4C3)nc2C(=O)O)cnn1CC12CC3CC(C1)CC(OCCN(CCN)CCS(=O)(=O)O)(C3)C2(C)C. The molecular formula is C46H56N8O7S2. The van der Waals surface area contributed by atoms with Crippen molar-refractivity contribution < 1.29 is 32.4 Å². The summed E-state index contributed by atoms with van der Waals surface area (Å²) in [7, 11) is -4.09. The lowest BCUT2D eigenvalue weighted by atomic mass is 9.38. The van der Waals surface area contributed by atoms with Gasteiger partial charge < -0.3 is 20.5 Å². The Balaban J connectivity index is 0.929. The van der Waals surface area contributed by atoms with E-state index in [9.17, 15) is 27.7 Å². The number of hydrogen-bond donors (Lipinski definition) is 4. The third-order valence-corrected chi connectivity index (χ3v) is 16.6. The molecule has 4 heterocycles. The van der Waals surface area contributed by atoms with Crippen molar-refractivity contribution in [3.05, 3.63) is 88.9 Å². The molecule has 63 heavy (non-hydrogen) atoms. The van der Waals surface area contributed by atoms with E-state index < -0.39 is 16.1 Å². The van der Waals surface area contributed by atoms with Gasteiger partial charge in [-0.1, -0.05) is 49.4 Å². The Kier molecular flexibility index (Phi) is 11.5. The van der Waals surface area contributed by atoms with Crippen LogP contribution >= 0.6 is 11.3 Å². The predicted octanol–water partition coefficient (Wildman–Crippen LogP) is 6.52. The summed E-state index contributed by atoms with van der Waals surface area (Å²) in [6, 6.07) is 17.2. The Labute approximate surface area is 371 Å². The zero-order chi connectivity index (χ0) is 44.3. The normalized spacial score (nSPS) is 23.7. The molecule has 15 nitrogen and oxygen atoms in total. The molecule has 2 aromatic carbocycles. The Morgan fingerprint density at radius 2 is 1.78 bits per heavy atom. The molecule has 2 atom stereocenters. The number of thiazole rings is 1. The van der Waals surface area contributed by atoms with Crippen LogP contribution in [0.4, 0.5) is 10.9 Å². The molecule has 10 rings (SSSR count). The number of carbonyl (C=O) groups excluding carboxylic acids is 1. The lowest BCUT2D eigenvalue weighted by Crippen LogP contribution is -2.69. The second kappa shape index (κ2) is 16.7. The summed E-state index contributed by atoms with van der Waals surface area (Å²) in [5.74, 6) is -0.159. The van der Waals surface area contributed by atoms with E-state index in [1.807, 2.05) is 71.3 Å². The van der Waals surface area contributed by atoms with Crippen LogP contribution in [0.25, 0.3) is 21.3 Å². The van der Waals surface area contributed by atoms with Crippen LogP contribution in [-0.2, 0) is 34.4 Å². The number of nitrogens with zero attached hydrogens (tertiary/aromatic N) is 6. The van der Waals surface area contributed by atoms with Gasteiger partial charge in [-0.25, -0.2) is 14.8 Å². The molecule has 4 bridgehead atoms. The van der Waals surface area contributed by atoms with Gasteiger partial charge in [-0.15, -0.1) is 0 Å². The van der Waals surface area contributed by atoms with Crippen molar-refractivity contribution in [1.82, 2.24) is 24.6 Å². The van der Waals surface area contributed by atoms with E-state index in [-0.39, 0.29) is 40.3 Å². The number of rotatable bonds is 16. The number of nitrogens with one attached hydrogen (secondary N) is 1. The molecule has 0 radical (unpaired) electrons. The summed E-state index contributed by atoms with van der Waals surface area (Å²) in [5, 5.41) is 19.0. The molecule has 5 N–H and O–H groups in total. The van der Waals surface area contributed by atoms with E-state index in [1.165, 1.54) is 17.8 Å². The standard InChI is InChI=1S/C46H56N8O7S2/c1-29-35(26-48-54(29)28-45-22-30-21-31(23-45)25-46(24-30,44(45,2)3)61-19-17-52(16-14-47)18-20-63(58,59)60)33-11-12-39(50-40(33)42(56)57)53-15-13-32-7-6-8-34(36(32)27-53)41(55)51-43-49-37-9-4-5-10-38(37)62-43/h4-12,26,30-31H,13-25,27-28,47H2,1-3H3,(H,56,57)(H,49,51,55)(H,58,59,60). The maximum absolute atomic E-state index is 13.7. The highest BCUT2D eigenvalue weighted by molar-refractivity contribution is 7.85. The van der Waals surface area contributed by atoms with Gasteiger partial charge in [-0.3, -0.25) is 24.2 Å². The first kappa shape index (κ1) is 43.5. The van der Waals surface area contributed by atoms with Gasteiger partial charge in [0.15, 0.2) is 10.8 Å². The van der Waals surface area contributed by atoms with E-state index in [0.717, 1.165) is 58.3 Å². The molecular weight excluding hydrogens is 841 g/mol. The molecule has 5 aromatic rings. The van der Waals surface area contributed by atoms with Gasteiger partial charge in [0.25, 0.3) is 16.0 Å². The van der Waals surface area contributed by atoms with Crippen molar-refractivity contribution in [3.8, 4) is 11.1 Å². The van der Waals surface area contributed by atoms with E-state index in [2.05, 4.69) is 28.8 Å². The largest absolute Gasteiger partial charge is 0.476 e. The zero-order valence-corrected chi connectivity index (χ0v) is 37.7. The summed E-state index contributed by atoms with van der Waals surface area (Å²) in [6.45, 7) is 10.4. The molecule has 4 saturated carbocycles. The first-order valence-electron chi connectivity index (χ1n) is 21.9. The fraction of sp³-hybridized carbons (Fsp3) is 0.500. The number of pyridine rings is 1. The quantitative estimate of drug-likeness (QED) is 0.0780. The topological polar surface area (TPSA) is 206 Å². The predicted molar refractivity (Wildman–Crippen MR) is 243 cm³/mol. The number of fused-ring (bicyclic) bond motifs is 2. The molecule has 2 unspecified atom stereocenters. The second-order valence-corrected chi connectivity index (χ2v) is 21.3. The molecule has 3 aromatic heterocycles. The maximum Gasteiger partial charge on any atom is 0.355 e. The summed E-state index contributed by atoms with van der Waals surface area (Å²) < 4.78 is 42.3. The molecule has 5 aliphatic rings. The first-order valence-corrected chi connectivity index (χ1v) is 24.3. The number of anilines is 2. The molecule has 1 aliphatic heterocycles. The minimum absolute atomic E-state index is 0.0504. The van der Waals surface area contributed by atoms with Crippen LogP contribution in [0.5, 0.6) is 0 Å². The van der Waals surface area contributed by atoms with E-state index in [4.69, 9.17) is 20.6 Å². The minimum Gasteiger partial charge on any atom is -0.476 e. The van der Waals surface area contributed by atoms with Gasteiger partial charge in [0.05, 0.1) is 34.4 Å². The van der Waals surface area contributed by atoms with Gasteiger partial charge in [-0.2, -0.15) is 13.5 Å². The van der Waals surface area contributed by atoms with Gasteiger partial charge in [0, 0.05) is 73.6 Å².